The first-order chi connectivity index (χ1) is 14.9. The molecule has 1 spiro atoms. The molecule has 2 fully saturated rings. The van der Waals surface area contributed by atoms with Gasteiger partial charge < -0.3 is 13.9 Å². The normalized spacial score (nSPS) is 23.2. The number of rotatable bonds is 7. The molecule has 164 valence electrons. The van der Waals surface area contributed by atoms with E-state index in [2.05, 4.69) is 32.2 Å². The third kappa shape index (κ3) is 4.25. The quantitative estimate of drug-likeness (QED) is 0.333. The molecule has 0 amide bonds. The number of oxazole rings is 1. The van der Waals surface area contributed by atoms with Gasteiger partial charge in [0.2, 0.25) is 5.82 Å². The van der Waals surface area contributed by atoms with Crippen molar-refractivity contribution >= 4 is 35.0 Å². The molecule has 1 aliphatic carbocycles. The minimum absolute atomic E-state index is 0.425. The number of thioether (sulfide) groups is 1. The number of aromatic nitrogens is 4. The molecular formula is C22H25Cl2N5OS. The number of hydrogen-bond donors (Lipinski definition) is 0. The van der Waals surface area contributed by atoms with Crippen LogP contribution in [-0.2, 0) is 7.05 Å². The highest BCUT2D eigenvalue weighted by molar-refractivity contribution is 7.99. The smallest absolute Gasteiger partial charge is 0.202 e. The number of halogens is 2. The number of aryl methyl sites for hydroxylation is 1. The van der Waals surface area contributed by atoms with Gasteiger partial charge in [-0.05, 0) is 74.4 Å². The maximum absolute atomic E-state index is 6.21. The van der Waals surface area contributed by atoms with Crippen molar-refractivity contribution < 1.29 is 4.42 Å². The van der Waals surface area contributed by atoms with Gasteiger partial charge in [-0.15, -0.1) is 10.2 Å². The Hall–Kier alpha value is -1.54. The van der Waals surface area contributed by atoms with Crippen LogP contribution >= 0.6 is 35.0 Å². The standard InChI is InChI=1S/C22H25Cl2N5OS/c1-14-19(30-13-25-14)20-26-27-21(28(20)2)31-7-3-5-29-6-4-22(12-29)11-18(22)15-8-16(23)10-17(24)9-15/h8-10,13,18H,3-7,11-12H2,1-2H3/t18-,22-/m0/s1. The number of hydrogen-bond acceptors (Lipinski definition) is 6. The van der Waals surface area contributed by atoms with Gasteiger partial charge in [0.25, 0.3) is 0 Å². The highest BCUT2D eigenvalue weighted by Gasteiger charge is 2.57. The number of benzene rings is 1. The van der Waals surface area contributed by atoms with Crippen molar-refractivity contribution in [2.45, 2.75) is 37.3 Å². The summed E-state index contributed by atoms with van der Waals surface area (Å²) in [6.07, 6.45) is 5.08. The van der Waals surface area contributed by atoms with Crippen LogP contribution in [0.15, 0.2) is 34.2 Å². The lowest BCUT2D eigenvalue weighted by Crippen LogP contribution is -2.23. The van der Waals surface area contributed by atoms with E-state index in [4.69, 9.17) is 27.6 Å². The van der Waals surface area contributed by atoms with Crippen LogP contribution in [0, 0.1) is 12.3 Å². The van der Waals surface area contributed by atoms with Crippen LogP contribution < -0.4 is 0 Å². The van der Waals surface area contributed by atoms with E-state index in [-0.39, 0.29) is 0 Å². The van der Waals surface area contributed by atoms with E-state index < -0.39 is 0 Å². The maximum atomic E-state index is 6.21. The zero-order chi connectivity index (χ0) is 21.6. The van der Waals surface area contributed by atoms with Crippen molar-refractivity contribution in [3.8, 4) is 11.6 Å². The summed E-state index contributed by atoms with van der Waals surface area (Å²) in [4.78, 5) is 6.74. The van der Waals surface area contributed by atoms with Gasteiger partial charge in [0.05, 0.1) is 5.69 Å². The molecule has 31 heavy (non-hydrogen) atoms. The predicted molar refractivity (Wildman–Crippen MR) is 124 cm³/mol. The molecule has 3 heterocycles. The molecule has 1 saturated carbocycles. The molecule has 0 N–H and O–H groups in total. The molecule has 0 radical (unpaired) electrons. The van der Waals surface area contributed by atoms with Gasteiger partial charge in [0.1, 0.15) is 0 Å². The minimum Gasteiger partial charge on any atom is -0.440 e. The van der Waals surface area contributed by atoms with Crippen LogP contribution in [0.2, 0.25) is 10.0 Å². The van der Waals surface area contributed by atoms with E-state index in [1.165, 1.54) is 37.9 Å². The third-order valence-corrected chi connectivity index (χ3v) is 8.12. The van der Waals surface area contributed by atoms with Crippen molar-refractivity contribution in [2.24, 2.45) is 12.5 Å². The van der Waals surface area contributed by atoms with E-state index in [1.54, 1.807) is 11.8 Å². The highest BCUT2D eigenvalue weighted by Crippen LogP contribution is 2.64. The monoisotopic (exact) mass is 477 g/mol. The topological polar surface area (TPSA) is 60.0 Å². The summed E-state index contributed by atoms with van der Waals surface area (Å²) in [5, 5.41) is 11.0. The molecule has 6 nitrogen and oxygen atoms in total. The van der Waals surface area contributed by atoms with Gasteiger partial charge in [0, 0.05) is 29.4 Å². The van der Waals surface area contributed by atoms with E-state index in [0.29, 0.717) is 17.1 Å². The first-order valence-corrected chi connectivity index (χ1v) is 12.3. The summed E-state index contributed by atoms with van der Waals surface area (Å²) >= 11 is 14.2. The van der Waals surface area contributed by atoms with Crippen LogP contribution in [0.25, 0.3) is 11.6 Å². The van der Waals surface area contributed by atoms with Gasteiger partial charge in [0.15, 0.2) is 17.3 Å². The zero-order valence-electron chi connectivity index (χ0n) is 17.6. The molecule has 1 aromatic carbocycles. The largest absolute Gasteiger partial charge is 0.440 e. The first kappa shape index (κ1) is 21.3. The van der Waals surface area contributed by atoms with Gasteiger partial charge in [-0.1, -0.05) is 35.0 Å². The molecule has 5 rings (SSSR count). The molecule has 3 aromatic rings. The highest BCUT2D eigenvalue weighted by atomic mass is 35.5. The average Bonchev–Trinajstić information content (AvgIpc) is 2.99. The Kier molecular flexibility index (Phi) is 5.79. The van der Waals surface area contributed by atoms with Crippen LogP contribution in [0.5, 0.6) is 0 Å². The zero-order valence-corrected chi connectivity index (χ0v) is 20.0. The second kappa shape index (κ2) is 8.43. The summed E-state index contributed by atoms with van der Waals surface area (Å²) in [5.41, 5.74) is 2.55. The first-order valence-electron chi connectivity index (χ1n) is 10.6. The van der Waals surface area contributed by atoms with Crippen molar-refractivity contribution in [3.63, 3.8) is 0 Å². The SMILES string of the molecule is Cc1ncoc1-c1nnc(SCCCN2CC[C@]3(C[C@H]3c3cc(Cl)cc(Cl)c3)C2)n1C. The number of nitrogens with zero attached hydrogens (tertiary/aromatic N) is 5. The Morgan fingerprint density at radius 2 is 2.03 bits per heavy atom. The van der Waals surface area contributed by atoms with Gasteiger partial charge in [-0.3, -0.25) is 0 Å². The molecule has 2 aromatic heterocycles. The Morgan fingerprint density at radius 1 is 1.23 bits per heavy atom. The molecular weight excluding hydrogens is 453 g/mol. The lowest BCUT2D eigenvalue weighted by molar-refractivity contribution is 0.319. The van der Waals surface area contributed by atoms with E-state index >= 15 is 0 Å². The van der Waals surface area contributed by atoms with Gasteiger partial charge >= 0.3 is 0 Å². The molecule has 1 saturated heterocycles. The van der Waals surface area contributed by atoms with Crippen molar-refractivity contribution in [1.29, 1.82) is 0 Å². The maximum Gasteiger partial charge on any atom is 0.202 e. The van der Waals surface area contributed by atoms with Crippen molar-refractivity contribution in [3.05, 3.63) is 45.9 Å². The third-order valence-electron chi connectivity index (χ3n) is 6.57. The molecule has 2 atom stereocenters. The second-order valence-electron chi connectivity index (χ2n) is 8.68. The molecule has 0 bridgehead atoms. The van der Waals surface area contributed by atoms with Crippen LogP contribution in [-0.4, -0.2) is 50.0 Å². The summed E-state index contributed by atoms with van der Waals surface area (Å²) in [6.45, 7) is 5.37. The Balaban J connectivity index is 1.11. The van der Waals surface area contributed by atoms with Crippen molar-refractivity contribution in [2.75, 3.05) is 25.4 Å². The summed E-state index contributed by atoms with van der Waals surface area (Å²) < 4.78 is 7.43. The average molecular weight is 478 g/mol. The summed E-state index contributed by atoms with van der Waals surface area (Å²) in [6, 6.07) is 5.98. The molecule has 1 aliphatic heterocycles. The fourth-order valence-corrected chi connectivity index (χ4v) is 6.21. The molecule has 0 unspecified atom stereocenters. The van der Waals surface area contributed by atoms with Gasteiger partial charge in [-0.2, -0.15) is 0 Å². The Labute approximate surface area is 196 Å². The van der Waals surface area contributed by atoms with Crippen LogP contribution in [0.1, 0.15) is 36.4 Å². The lowest BCUT2D eigenvalue weighted by atomic mass is 9.98. The van der Waals surface area contributed by atoms with E-state index in [0.717, 1.165) is 45.4 Å². The van der Waals surface area contributed by atoms with Crippen LogP contribution in [0.4, 0.5) is 0 Å². The van der Waals surface area contributed by atoms with E-state index in [9.17, 15) is 0 Å². The van der Waals surface area contributed by atoms with Crippen molar-refractivity contribution in [1.82, 2.24) is 24.6 Å². The second-order valence-corrected chi connectivity index (χ2v) is 10.6. The summed E-state index contributed by atoms with van der Waals surface area (Å²) in [5.74, 6) is 3.02. The van der Waals surface area contributed by atoms with E-state index in [1.807, 2.05) is 24.6 Å². The predicted octanol–water partition coefficient (Wildman–Crippen LogP) is 5.45. The number of likely N-dealkylation sites (tertiary alicyclic amines) is 1. The Bertz CT molecular complexity index is 1080. The molecule has 9 heteroatoms. The Morgan fingerprint density at radius 3 is 2.77 bits per heavy atom. The minimum atomic E-state index is 0.425. The lowest BCUT2D eigenvalue weighted by Gasteiger charge is -2.16. The summed E-state index contributed by atoms with van der Waals surface area (Å²) in [7, 11) is 1.97. The fourth-order valence-electron chi connectivity index (χ4n) is 4.83. The van der Waals surface area contributed by atoms with Gasteiger partial charge in [-0.25, -0.2) is 4.98 Å². The fraction of sp³-hybridized carbons (Fsp3) is 0.500. The van der Waals surface area contributed by atoms with Crippen LogP contribution in [0.3, 0.4) is 0 Å². The molecule has 2 aliphatic rings.